The smallest absolute Gasteiger partial charge is 0.119 e. The molecule has 0 saturated carbocycles. The number of rotatable bonds is 5. The van der Waals surface area contributed by atoms with E-state index < -0.39 is 0 Å². The zero-order chi connectivity index (χ0) is 17.1. The number of methoxy groups -OCH3 is 1. The quantitative estimate of drug-likeness (QED) is 0.486. The molecule has 0 saturated heterocycles. The van der Waals surface area contributed by atoms with E-state index in [1.54, 1.807) is 7.11 Å². The van der Waals surface area contributed by atoms with E-state index in [-0.39, 0.29) is 0 Å². The first kappa shape index (κ1) is 15.5. The molecule has 0 spiro atoms. The first-order valence-electron chi connectivity index (χ1n) is 8.57. The van der Waals surface area contributed by atoms with Crippen LogP contribution in [0.1, 0.15) is 16.8 Å². The zero-order valence-corrected chi connectivity index (χ0v) is 14.4. The van der Waals surface area contributed by atoms with Gasteiger partial charge in [0.15, 0.2) is 0 Å². The van der Waals surface area contributed by atoms with Gasteiger partial charge in [0.25, 0.3) is 0 Å². The van der Waals surface area contributed by atoms with Gasteiger partial charge in [-0.1, -0.05) is 60.7 Å². The van der Waals surface area contributed by atoms with Gasteiger partial charge >= 0.3 is 0 Å². The predicted molar refractivity (Wildman–Crippen MR) is 103 cm³/mol. The molecule has 2 heteroatoms. The summed E-state index contributed by atoms with van der Waals surface area (Å²) in [4.78, 5) is 0. The van der Waals surface area contributed by atoms with E-state index in [1.165, 1.54) is 27.7 Å². The second kappa shape index (κ2) is 6.86. The van der Waals surface area contributed by atoms with Crippen LogP contribution in [0, 0.1) is 0 Å². The van der Waals surface area contributed by atoms with Crippen molar-refractivity contribution in [2.45, 2.75) is 13.0 Å². The molecule has 0 radical (unpaired) electrons. The van der Waals surface area contributed by atoms with Gasteiger partial charge in [0, 0.05) is 29.6 Å². The van der Waals surface area contributed by atoms with E-state index in [9.17, 15) is 0 Å². The van der Waals surface area contributed by atoms with Crippen LogP contribution in [-0.4, -0.2) is 11.7 Å². The average Bonchev–Trinajstić information content (AvgIpc) is 2.99. The van der Waals surface area contributed by atoms with Crippen molar-refractivity contribution in [1.29, 1.82) is 0 Å². The van der Waals surface area contributed by atoms with Crippen molar-refractivity contribution in [2.24, 2.45) is 0 Å². The molecule has 0 aliphatic heterocycles. The fourth-order valence-electron chi connectivity index (χ4n) is 3.34. The molecule has 1 heterocycles. The van der Waals surface area contributed by atoms with Crippen LogP contribution in [0.3, 0.4) is 0 Å². The van der Waals surface area contributed by atoms with E-state index in [2.05, 4.69) is 83.4 Å². The van der Waals surface area contributed by atoms with Crippen LogP contribution in [0.4, 0.5) is 0 Å². The molecule has 0 atom stereocenters. The Labute approximate surface area is 148 Å². The number of hydrogen-bond donors (Lipinski definition) is 0. The molecule has 0 N–H and O–H groups in total. The lowest BCUT2D eigenvalue weighted by Crippen LogP contribution is -2.05. The van der Waals surface area contributed by atoms with Crippen molar-refractivity contribution in [3.05, 3.63) is 102 Å². The highest BCUT2D eigenvalue weighted by Crippen LogP contribution is 2.27. The van der Waals surface area contributed by atoms with Crippen molar-refractivity contribution in [1.82, 2.24) is 4.57 Å². The minimum Gasteiger partial charge on any atom is -0.497 e. The topological polar surface area (TPSA) is 14.2 Å². The Morgan fingerprint density at radius 1 is 0.760 bits per heavy atom. The second-order valence-corrected chi connectivity index (χ2v) is 6.29. The van der Waals surface area contributed by atoms with E-state index in [4.69, 9.17) is 4.74 Å². The molecular weight excluding hydrogens is 306 g/mol. The SMILES string of the molecule is COc1ccc2c(c1)cc(Cc1ccccc1)n2Cc1ccccc1. The van der Waals surface area contributed by atoms with E-state index in [0.29, 0.717) is 0 Å². The summed E-state index contributed by atoms with van der Waals surface area (Å²) in [6.45, 7) is 0.874. The third-order valence-corrected chi connectivity index (χ3v) is 4.61. The largest absolute Gasteiger partial charge is 0.497 e. The molecule has 0 unspecified atom stereocenters. The molecule has 2 nitrogen and oxygen atoms in total. The summed E-state index contributed by atoms with van der Waals surface area (Å²) in [5, 5.41) is 1.22. The molecule has 25 heavy (non-hydrogen) atoms. The molecule has 4 rings (SSSR count). The van der Waals surface area contributed by atoms with Crippen LogP contribution in [0.25, 0.3) is 10.9 Å². The number of benzene rings is 3. The molecule has 0 aliphatic rings. The standard InChI is InChI=1S/C23H21NO/c1-25-22-12-13-23-20(16-22)15-21(14-18-8-4-2-5-9-18)24(23)17-19-10-6-3-7-11-19/h2-13,15-16H,14,17H2,1H3. The maximum absolute atomic E-state index is 5.40. The van der Waals surface area contributed by atoms with Crippen LogP contribution >= 0.6 is 0 Å². The van der Waals surface area contributed by atoms with Gasteiger partial charge in [0.2, 0.25) is 0 Å². The molecule has 124 valence electrons. The van der Waals surface area contributed by atoms with Crippen LogP contribution in [0.15, 0.2) is 84.9 Å². The maximum Gasteiger partial charge on any atom is 0.119 e. The van der Waals surface area contributed by atoms with Crippen LogP contribution in [0.2, 0.25) is 0 Å². The lowest BCUT2D eigenvalue weighted by molar-refractivity contribution is 0.415. The van der Waals surface area contributed by atoms with Crippen molar-refractivity contribution in [3.63, 3.8) is 0 Å². The van der Waals surface area contributed by atoms with Gasteiger partial charge in [-0.25, -0.2) is 0 Å². The first-order valence-corrected chi connectivity index (χ1v) is 8.57. The fraction of sp³-hybridized carbons (Fsp3) is 0.130. The van der Waals surface area contributed by atoms with E-state index in [0.717, 1.165) is 18.7 Å². The molecule has 4 aromatic rings. The van der Waals surface area contributed by atoms with Gasteiger partial charge in [-0.15, -0.1) is 0 Å². The Kier molecular flexibility index (Phi) is 4.26. The number of nitrogens with zero attached hydrogens (tertiary/aromatic N) is 1. The third-order valence-electron chi connectivity index (χ3n) is 4.61. The molecule has 3 aromatic carbocycles. The summed E-state index contributed by atoms with van der Waals surface area (Å²) in [6.07, 6.45) is 0.921. The first-order chi connectivity index (χ1) is 12.3. The summed E-state index contributed by atoms with van der Waals surface area (Å²) in [5.74, 6) is 0.899. The Morgan fingerprint density at radius 2 is 1.44 bits per heavy atom. The Hall–Kier alpha value is -3.00. The maximum atomic E-state index is 5.40. The number of ether oxygens (including phenoxy) is 1. The van der Waals surface area contributed by atoms with Gasteiger partial charge in [0.05, 0.1) is 7.11 Å². The molecule has 1 aromatic heterocycles. The van der Waals surface area contributed by atoms with Crippen molar-refractivity contribution in [2.75, 3.05) is 7.11 Å². The Balaban J connectivity index is 1.80. The Bertz CT molecular complexity index is 971. The monoisotopic (exact) mass is 327 g/mol. The number of aromatic nitrogens is 1. The second-order valence-electron chi connectivity index (χ2n) is 6.29. The molecule has 0 fully saturated rings. The van der Waals surface area contributed by atoms with E-state index >= 15 is 0 Å². The van der Waals surface area contributed by atoms with Crippen molar-refractivity contribution in [3.8, 4) is 5.75 Å². The van der Waals surface area contributed by atoms with Gasteiger partial charge in [-0.05, 0) is 35.4 Å². The molecular formula is C23H21NO. The number of fused-ring (bicyclic) bond motifs is 1. The van der Waals surface area contributed by atoms with Gasteiger partial charge < -0.3 is 9.30 Å². The minimum atomic E-state index is 0.874. The van der Waals surface area contributed by atoms with Gasteiger partial charge in [0.1, 0.15) is 5.75 Å². The molecule has 0 bridgehead atoms. The fourth-order valence-corrected chi connectivity index (χ4v) is 3.34. The normalized spacial score (nSPS) is 10.9. The average molecular weight is 327 g/mol. The highest BCUT2D eigenvalue weighted by atomic mass is 16.5. The zero-order valence-electron chi connectivity index (χ0n) is 14.4. The van der Waals surface area contributed by atoms with E-state index in [1.807, 2.05) is 6.07 Å². The van der Waals surface area contributed by atoms with Crippen LogP contribution in [0.5, 0.6) is 5.75 Å². The van der Waals surface area contributed by atoms with Crippen molar-refractivity contribution < 1.29 is 4.74 Å². The molecule has 0 aliphatic carbocycles. The highest BCUT2D eigenvalue weighted by molar-refractivity contribution is 5.83. The van der Waals surface area contributed by atoms with Gasteiger partial charge in [-0.3, -0.25) is 0 Å². The molecule has 0 amide bonds. The summed E-state index contributed by atoms with van der Waals surface area (Å²) in [5.41, 5.74) is 5.20. The summed E-state index contributed by atoms with van der Waals surface area (Å²) < 4.78 is 7.81. The predicted octanol–water partition coefficient (Wildman–Crippen LogP) is 5.29. The van der Waals surface area contributed by atoms with Crippen molar-refractivity contribution >= 4 is 10.9 Å². The number of hydrogen-bond acceptors (Lipinski definition) is 1. The summed E-state index contributed by atoms with van der Waals surface area (Å²) in [6, 6.07) is 29.9. The lowest BCUT2D eigenvalue weighted by Gasteiger charge is -2.12. The summed E-state index contributed by atoms with van der Waals surface area (Å²) >= 11 is 0. The summed E-state index contributed by atoms with van der Waals surface area (Å²) in [7, 11) is 1.72. The van der Waals surface area contributed by atoms with Crippen LogP contribution in [-0.2, 0) is 13.0 Å². The minimum absolute atomic E-state index is 0.874. The lowest BCUT2D eigenvalue weighted by atomic mass is 10.1. The van der Waals surface area contributed by atoms with Gasteiger partial charge in [-0.2, -0.15) is 0 Å². The van der Waals surface area contributed by atoms with Crippen LogP contribution < -0.4 is 4.74 Å². The Morgan fingerprint density at radius 3 is 2.12 bits per heavy atom. The third kappa shape index (κ3) is 3.29. The highest BCUT2D eigenvalue weighted by Gasteiger charge is 2.11.